The van der Waals surface area contributed by atoms with E-state index in [0.29, 0.717) is 19.3 Å². The average Bonchev–Trinajstić information content (AvgIpc) is 2.95. The van der Waals surface area contributed by atoms with Crippen molar-refractivity contribution in [1.82, 2.24) is 4.31 Å². The average molecular weight is 257 g/mol. The molecule has 0 aromatic carbocycles. The summed E-state index contributed by atoms with van der Waals surface area (Å²) in [5.74, 6) is 0. The SMILES string of the molecule is O=S(=O)(C1CC1)N1CCCC1C(F)C(F)F. The Kier molecular flexibility index (Phi) is 3.18. The van der Waals surface area contributed by atoms with E-state index in [1.165, 1.54) is 0 Å². The molecule has 1 aliphatic heterocycles. The largest absolute Gasteiger partial charge is 0.270 e. The quantitative estimate of drug-likeness (QED) is 0.766. The summed E-state index contributed by atoms with van der Waals surface area (Å²) in [5, 5.41) is -0.460. The van der Waals surface area contributed by atoms with Crippen molar-refractivity contribution in [3.05, 3.63) is 0 Å². The Morgan fingerprint density at radius 1 is 1.12 bits per heavy atom. The normalized spacial score (nSPS) is 29.9. The first kappa shape index (κ1) is 12.2. The van der Waals surface area contributed by atoms with Crippen molar-refractivity contribution in [3.8, 4) is 0 Å². The fraction of sp³-hybridized carbons (Fsp3) is 1.00. The van der Waals surface area contributed by atoms with E-state index in [4.69, 9.17) is 0 Å². The Morgan fingerprint density at radius 3 is 2.25 bits per heavy atom. The molecule has 16 heavy (non-hydrogen) atoms. The third-order valence-corrected chi connectivity index (χ3v) is 5.55. The Balaban J connectivity index is 2.14. The van der Waals surface area contributed by atoms with Crippen LogP contribution in [-0.2, 0) is 10.0 Å². The zero-order valence-electron chi connectivity index (χ0n) is 8.65. The minimum Gasteiger partial charge on any atom is -0.239 e. The molecule has 3 nitrogen and oxygen atoms in total. The van der Waals surface area contributed by atoms with Gasteiger partial charge >= 0.3 is 0 Å². The van der Waals surface area contributed by atoms with Gasteiger partial charge < -0.3 is 0 Å². The lowest BCUT2D eigenvalue weighted by molar-refractivity contribution is 0.0188. The standard InChI is InChI=1S/C9H14F3NO2S/c10-8(9(11)12)7-2-1-5-13(7)16(14,15)6-3-4-6/h6-9H,1-5H2. The first-order valence-electron chi connectivity index (χ1n) is 5.37. The van der Waals surface area contributed by atoms with Crippen molar-refractivity contribution in [2.45, 2.75) is 49.6 Å². The molecule has 7 heteroatoms. The summed E-state index contributed by atoms with van der Waals surface area (Å²) in [7, 11) is -3.53. The molecule has 2 fully saturated rings. The van der Waals surface area contributed by atoms with E-state index in [-0.39, 0.29) is 13.0 Å². The summed E-state index contributed by atoms with van der Waals surface area (Å²) in [6.45, 7) is 0.177. The molecule has 2 unspecified atom stereocenters. The van der Waals surface area contributed by atoms with Crippen molar-refractivity contribution in [1.29, 1.82) is 0 Å². The first-order valence-corrected chi connectivity index (χ1v) is 6.88. The summed E-state index contributed by atoms with van der Waals surface area (Å²) in [6, 6.07) is -1.16. The molecule has 0 amide bonds. The minimum absolute atomic E-state index is 0.177. The van der Waals surface area contributed by atoms with Gasteiger partial charge in [0.15, 0.2) is 6.17 Å². The summed E-state index contributed by atoms with van der Waals surface area (Å²) >= 11 is 0. The molecule has 1 heterocycles. The van der Waals surface area contributed by atoms with E-state index in [2.05, 4.69) is 0 Å². The molecular weight excluding hydrogens is 243 g/mol. The fourth-order valence-electron chi connectivity index (χ4n) is 2.13. The molecule has 0 spiro atoms. The molecule has 0 radical (unpaired) electrons. The van der Waals surface area contributed by atoms with Crippen LogP contribution in [0.2, 0.25) is 0 Å². The second-order valence-electron chi connectivity index (χ2n) is 4.34. The maximum absolute atomic E-state index is 13.2. The van der Waals surface area contributed by atoms with Gasteiger partial charge in [-0.05, 0) is 25.7 Å². The van der Waals surface area contributed by atoms with Gasteiger partial charge in [-0.2, -0.15) is 4.31 Å². The van der Waals surface area contributed by atoms with Gasteiger partial charge in [0.1, 0.15) is 0 Å². The molecule has 94 valence electrons. The van der Waals surface area contributed by atoms with Gasteiger partial charge in [-0.15, -0.1) is 0 Å². The van der Waals surface area contributed by atoms with Crippen LogP contribution < -0.4 is 0 Å². The van der Waals surface area contributed by atoms with Crippen LogP contribution in [0.15, 0.2) is 0 Å². The maximum atomic E-state index is 13.2. The topological polar surface area (TPSA) is 37.4 Å². The van der Waals surface area contributed by atoms with Crippen molar-refractivity contribution < 1.29 is 21.6 Å². The maximum Gasteiger partial charge on any atom is 0.270 e. The van der Waals surface area contributed by atoms with Crippen LogP contribution in [0.4, 0.5) is 13.2 Å². The van der Waals surface area contributed by atoms with Gasteiger partial charge in [0.05, 0.1) is 11.3 Å². The number of sulfonamides is 1. The smallest absolute Gasteiger partial charge is 0.239 e. The Labute approximate surface area is 92.7 Å². The van der Waals surface area contributed by atoms with Gasteiger partial charge in [-0.1, -0.05) is 0 Å². The van der Waals surface area contributed by atoms with E-state index < -0.39 is 33.9 Å². The van der Waals surface area contributed by atoms with E-state index in [1.54, 1.807) is 0 Å². The van der Waals surface area contributed by atoms with Gasteiger partial charge in [0.2, 0.25) is 10.0 Å². The van der Waals surface area contributed by atoms with E-state index >= 15 is 0 Å². The molecule has 2 rings (SSSR count). The van der Waals surface area contributed by atoms with Crippen LogP contribution in [0.3, 0.4) is 0 Å². The zero-order chi connectivity index (χ0) is 11.9. The molecule has 1 saturated heterocycles. The lowest BCUT2D eigenvalue weighted by Gasteiger charge is -2.26. The van der Waals surface area contributed by atoms with Gasteiger partial charge in [-0.25, -0.2) is 21.6 Å². The Morgan fingerprint density at radius 2 is 1.75 bits per heavy atom. The predicted octanol–water partition coefficient (Wildman–Crippen LogP) is 1.55. The third-order valence-electron chi connectivity index (χ3n) is 3.13. The molecule has 2 aliphatic rings. The highest BCUT2D eigenvalue weighted by molar-refractivity contribution is 7.90. The summed E-state index contributed by atoms with van der Waals surface area (Å²) in [6.07, 6.45) is -3.69. The van der Waals surface area contributed by atoms with Crippen LogP contribution in [0.5, 0.6) is 0 Å². The predicted molar refractivity (Wildman–Crippen MR) is 52.6 cm³/mol. The molecular formula is C9H14F3NO2S. The van der Waals surface area contributed by atoms with Crippen molar-refractivity contribution in [2.75, 3.05) is 6.54 Å². The number of hydrogen-bond acceptors (Lipinski definition) is 2. The summed E-state index contributed by atoms with van der Waals surface area (Å²) < 4.78 is 62.4. The highest BCUT2D eigenvalue weighted by atomic mass is 32.2. The second kappa shape index (κ2) is 4.18. The molecule has 0 N–H and O–H groups in total. The van der Waals surface area contributed by atoms with Crippen molar-refractivity contribution >= 4 is 10.0 Å². The van der Waals surface area contributed by atoms with Gasteiger partial charge in [-0.3, -0.25) is 0 Å². The molecule has 1 aliphatic carbocycles. The number of nitrogens with zero attached hydrogens (tertiary/aromatic N) is 1. The Hall–Kier alpha value is -0.300. The number of alkyl halides is 3. The highest BCUT2D eigenvalue weighted by Crippen LogP contribution is 2.36. The molecule has 1 saturated carbocycles. The van der Waals surface area contributed by atoms with Crippen LogP contribution in [-0.4, -0.2) is 43.2 Å². The highest BCUT2D eigenvalue weighted by Gasteiger charge is 2.48. The summed E-state index contributed by atoms with van der Waals surface area (Å²) in [4.78, 5) is 0. The lowest BCUT2D eigenvalue weighted by atomic mass is 10.1. The minimum atomic E-state index is -3.53. The van der Waals surface area contributed by atoms with Crippen LogP contribution in [0.25, 0.3) is 0 Å². The van der Waals surface area contributed by atoms with E-state index in [1.807, 2.05) is 0 Å². The van der Waals surface area contributed by atoms with E-state index in [0.717, 1.165) is 4.31 Å². The summed E-state index contributed by atoms with van der Waals surface area (Å²) in [5.41, 5.74) is 0. The number of hydrogen-bond donors (Lipinski definition) is 0. The zero-order valence-corrected chi connectivity index (χ0v) is 9.47. The van der Waals surface area contributed by atoms with E-state index in [9.17, 15) is 21.6 Å². The van der Waals surface area contributed by atoms with Gasteiger partial charge in [0.25, 0.3) is 6.43 Å². The molecule has 0 bridgehead atoms. The second-order valence-corrected chi connectivity index (χ2v) is 6.51. The monoisotopic (exact) mass is 257 g/mol. The fourth-order valence-corrected chi connectivity index (χ4v) is 4.22. The number of rotatable bonds is 4. The molecule has 0 aromatic rings. The van der Waals surface area contributed by atoms with Gasteiger partial charge in [0, 0.05) is 6.54 Å². The van der Waals surface area contributed by atoms with Crippen LogP contribution in [0, 0.1) is 0 Å². The lowest BCUT2D eigenvalue weighted by Crippen LogP contribution is -2.44. The third kappa shape index (κ3) is 2.07. The van der Waals surface area contributed by atoms with Crippen molar-refractivity contribution in [3.63, 3.8) is 0 Å². The first-order chi connectivity index (χ1) is 7.44. The molecule has 0 aromatic heterocycles. The van der Waals surface area contributed by atoms with Crippen LogP contribution in [0.1, 0.15) is 25.7 Å². The van der Waals surface area contributed by atoms with Crippen molar-refractivity contribution in [2.24, 2.45) is 0 Å². The molecule has 2 atom stereocenters. The van der Waals surface area contributed by atoms with Crippen LogP contribution >= 0.6 is 0 Å². The number of halogens is 3. The Bertz CT molecular complexity index is 356.